The molecule has 0 unspecified atom stereocenters. The molecule has 0 aromatic heterocycles. The molecular weight excluding hydrogens is 302 g/mol. The van der Waals surface area contributed by atoms with Gasteiger partial charge in [-0.1, -0.05) is 30.3 Å². The highest BCUT2D eigenvalue weighted by Crippen LogP contribution is 2.26. The van der Waals surface area contributed by atoms with Crippen molar-refractivity contribution in [3.05, 3.63) is 60.2 Å². The first-order valence-electron chi connectivity index (χ1n) is 8.01. The van der Waals surface area contributed by atoms with Gasteiger partial charge in [0.1, 0.15) is 0 Å². The molecule has 0 aliphatic carbocycles. The Morgan fingerprint density at radius 1 is 1.08 bits per heavy atom. The Morgan fingerprint density at radius 2 is 1.75 bits per heavy atom. The van der Waals surface area contributed by atoms with Gasteiger partial charge in [-0.2, -0.15) is 0 Å². The van der Waals surface area contributed by atoms with E-state index in [0.717, 1.165) is 11.3 Å². The molecule has 0 radical (unpaired) electrons. The molecule has 24 heavy (non-hydrogen) atoms. The molecule has 1 saturated heterocycles. The number of benzene rings is 2. The lowest BCUT2D eigenvalue weighted by molar-refractivity contribution is -0.120. The molecule has 1 heterocycles. The molecule has 2 N–H and O–H groups in total. The number of nitrogens with zero attached hydrogens (tertiary/aromatic N) is 1. The molecule has 0 bridgehead atoms. The van der Waals surface area contributed by atoms with E-state index in [1.807, 2.05) is 68.4 Å². The minimum Gasteiger partial charge on any atom is -0.336 e. The predicted octanol–water partition coefficient (Wildman–Crippen LogP) is 3.13. The van der Waals surface area contributed by atoms with Crippen molar-refractivity contribution in [3.8, 4) is 0 Å². The van der Waals surface area contributed by atoms with Gasteiger partial charge in [0, 0.05) is 24.5 Å². The normalized spacial score (nSPS) is 14.4. The maximum absolute atomic E-state index is 12.6. The number of carbonyl (C=O) groups excluding carboxylic acids is 2. The Morgan fingerprint density at radius 3 is 2.33 bits per heavy atom. The Labute approximate surface area is 141 Å². The summed E-state index contributed by atoms with van der Waals surface area (Å²) >= 11 is 0. The quantitative estimate of drug-likeness (QED) is 0.908. The lowest BCUT2D eigenvalue weighted by Gasteiger charge is -2.24. The van der Waals surface area contributed by atoms with Crippen LogP contribution in [0.5, 0.6) is 0 Å². The molecule has 3 amide bonds. The van der Waals surface area contributed by atoms with Crippen LogP contribution in [0.15, 0.2) is 54.6 Å². The number of urea groups is 1. The summed E-state index contributed by atoms with van der Waals surface area (Å²) < 4.78 is 0. The van der Waals surface area contributed by atoms with E-state index in [9.17, 15) is 9.59 Å². The summed E-state index contributed by atoms with van der Waals surface area (Å²) in [6, 6.07) is 16.9. The average Bonchev–Trinajstić information content (AvgIpc) is 3.02. The molecule has 0 saturated carbocycles. The third-order valence-corrected chi connectivity index (χ3v) is 4.36. The van der Waals surface area contributed by atoms with Crippen LogP contribution in [-0.4, -0.2) is 25.0 Å². The molecule has 0 spiro atoms. The number of hydrogen-bond acceptors (Lipinski definition) is 2. The molecule has 5 nitrogen and oxygen atoms in total. The van der Waals surface area contributed by atoms with E-state index in [2.05, 4.69) is 10.6 Å². The van der Waals surface area contributed by atoms with Crippen LogP contribution in [0, 0.1) is 0 Å². The molecule has 1 fully saturated rings. The zero-order valence-corrected chi connectivity index (χ0v) is 13.9. The van der Waals surface area contributed by atoms with E-state index in [-0.39, 0.29) is 11.9 Å². The van der Waals surface area contributed by atoms with Crippen molar-refractivity contribution in [1.82, 2.24) is 5.32 Å². The molecule has 5 heteroatoms. The fourth-order valence-electron chi connectivity index (χ4n) is 2.72. The molecule has 3 rings (SSSR count). The Hall–Kier alpha value is -2.82. The molecule has 2 aromatic rings. The van der Waals surface area contributed by atoms with Crippen molar-refractivity contribution in [2.24, 2.45) is 0 Å². The van der Waals surface area contributed by atoms with E-state index >= 15 is 0 Å². The van der Waals surface area contributed by atoms with Gasteiger partial charge in [-0.15, -0.1) is 0 Å². The van der Waals surface area contributed by atoms with Gasteiger partial charge in [0.2, 0.25) is 5.91 Å². The zero-order chi connectivity index (χ0) is 17.2. The van der Waals surface area contributed by atoms with E-state index in [1.165, 1.54) is 0 Å². The van der Waals surface area contributed by atoms with Crippen LogP contribution >= 0.6 is 0 Å². The van der Waals surface area contributed by atoms with E-state index < -0.39 is 5.41 Å². The van der Waals surface area contributed by atoms with Gasteiger partial charge in [0.25, 0.3) is 0 Å². The minimum atomic E-state index is -0.630. The molecule has 2 aromatic carbocycles. The summed E-state index contributed by atoms with van der Waals surface area (Å²) in [5.41, 5.74) is 1.87. The summed E-state index contributed by atoms with van der Waals surface area (Å²) in [6.07, 6.45) is 0. The number of amides is 3. The van der Waals surface area contributed by atoms with Crippen LogP contribution in [0.3, 0.4) is 0 Å². The standard InChI is InChI=1S/C19H21N3O2/c1-19(2,14-6-4-3-5-7-14)17(23)21-15-8-10-16(11-9-15)22-13-12-20-18(22)24/h3-11H,12-13H2,1-2H3,(H,20,24)(H,21,23). The maximum Gasteiger partial charge on any atom is 0.321 e. The monoisotopic (exact) mass is 323 g/mol. The van der Waals surface area contributed by atoms with Gasteiger partial charge in [0.05, 0.1) is 5.41 Å². The molecule has 124 valence electrons. The van der Waals surface area contributed by atoms with Crippen LogP contribution < -0.4 is 15.5 Å². The number of anilines is 2. The van der Waals surface area contributed by atoms with Gasteiger partial charge in [0.15, 0.2) is 0 Å². The second-order valence-corrected chi connectivity index (χ2v) is 6.38. The number of rotatable bonds is 4. The zero-order valence-electron chi connectivity index (χ0n) is 13.9. The van der Waals surface area contributed by atoms with Crippen LogP contribution in [0.2, 0.25) is 0 Å². The number of nitrogens with one attached hydrogen (secondary N) is 2. The number of hydrogen-bond donors (Lipinski definition) is 2. The Balaban J connectivity index is 1.72. The van der Waals surface area contributed by atoms with Gasteiger partial charge < -0.3 is 10.6 Å². The van der Waals surface area contributed by atoms with Crippen LogP contribution in [0.4, 0.5) is 16.2 Å². The van der Waals surface area contributed by atoms with Gasteiger partial charge in [-0.25, -0.2) is 4.79 Å². The number of carbonyl (C=O) groups is 2. The first kappa shape index (κ1) is 16.1. The second-order valence-electron chi connectivity index (χ2n) is 6.38. The fourth-order valence-corrected chi connectivity index (χ4v) is 2.72. The highest BCUT2D eigenvalue weighted by Gasteiger charge is 2.29. The smallest absolute Gasteiger partial charge is 0.321 e. The van der Waals surface area contributed by atoms with Crippen molar-refractivity contribution in [2.45, 2.75) is 19.3 Å². The third-order valence-electron chi connectivity index (χ3n) is 4.36. The first-order valence-corrected chi connectivity index (χ1v) is 8.01. The van der Waals surface area contributed by atoms with Crippen LogP contribution in [0.25, 0.3) is 0 Å². The summed E-state index contributed by atoms with van der Waals surface area (Å²) in [4.78, 5) is 26.0. The van der Waals surface area contributed by atoms with Crippen molar-refractivity contribution in [2.75, 3.05) is 23.3 Å². The summed E-state index contributed by atoms with van der Waals surface area (Å²) in [5.74, 6) is -0.0691. The van der Waals surface area contributed by atoms with Gasteiger partial charge in [-0.3, -0.25) is 9.69 Å². The van der Waals surface area contributed by atoms with Crippen molar-refractivity contribution in [3.63, 3.8) is 0 Å². The van der Waals surface area contributed by atoms with Gasteiger partial charge in [-0.05, 0) is 43.7 Å². The fraction of sp³-hybridized carbons (Fsp3) is 0.263. The minimum absolute atomic E-state index is 0.0691. The molecule has 1 aliphatic rings. The first-order chi connectivity index (χ1) is 11.5. The van der Waals surface area contributed by atoms with Crippen molar-refractivity contribution in [1.29, 1.82) is 0 Å². The van der Waals surface area contributed by atoms with Crippen LogP contribution in [-0.2, 0) is 10.2 Å². The summed E-state index contributed by atoms with van der Waals surface area (Å²) in [6.45, 7) is 5.12. The molecular formula is C19H21N3O2. The Kier molecular flexibility index (Phi) is 4.25. The molecule has 1 aliphatic heterocycles. The third kappa shape index (κ3) is 3.11. The highest BCUT2D eigenvalue weighted by molar-refractivity contribution is 5.99. The summed E-state index contributed by atoms with van der Waals surface area (Å²) in [7, 11) is 0. The maximum atomic E-state index is 12.6. The van der Waals surface area contributed by atoms with E-state index in [1.54, 1.807) is 4.90 Å². The average molecular weight is 323 g/mol. The van der Waals surface area contributed by atoms with E-state index in [4.69, 9.17) is 0 Å². The Bertz CT molecular complexity index is 739. The van der Waals surface area contributed by atoms with Crippen molar-refractivity contribution >= 4 is 23.3 Å². The van der Waals surface area contributed by atoms with Crippen molar-refractivity contribution < 1.29 is 9.59 Å². The topological polar surface area (TPSA) is 61.4 Å². The SMILES string of the molecule is CC(C)(C(=O)Nc1ccc(N2CCNC2=O)cc1)c1ccccc1. The second kappa shape index (κ2) is 6.35. The summed E-state index contributed by atoms with van der Waals surface area (Å²) in [5, 5.41) is 5.72. The largest absolute Gasteiger partial charge is 0.336 e. The highest BCUT2D eigenvalue weighted by atomic mass is 16.2. The van der Waals surface area contributed by atoms with Crippen LogP contribution in [0.1, 0.15) is 19.4 Å². The van der Waals surface area contributed by atoms with E-state index in [0.29, 0.717) is 18.8 Å². The lowest BCUT2D eigenvalue weighted by Crippen LogP contribution is -2.34. The molecule has 0 atom stereocenters. The predicted molar refractivity (Wildman–Crippen MR) is 95.3 cm³/mol. The lowest BCUT2D eigenvalue weighted by atomic mass is 9.83. The van der Waals surface area contributed by atoms with Gasteiger partial charge >= 0.3 is 6.03 Å².